The third kappa shape index (κ3) is 5.69. The topological polar surface area (TPSA) is 98.8 Å². The Kier molecular flexibility index (Phi) is 6.36. The van der Waals surface area contributed by atoms with Crippen LogP contribution in [0.25, 0.3) is 0 Å². The van der Waals surface area contributed by atoms with Gasteiger partial charge in [0.1, 0.15) is 13.2 Å². The van der Waals surface area contributed by atoms with Gasteiger partial charge >= 0.3 is 0 Å². The summed E-state index contributed by atoms with van der Waals surface area (Å²) < 4.78 is 33.7. The molecule has 0 spiro atoms. The predicted molar refractivity (Wildman–Crippen MR) is 100 cm³/mol. The summed E-state index contributed by atoms with van der Waals surface area (Å²) in [6, 6.07) is 5.05. The Labute approximate surface area is 159 Å². The summed E-state index contributed by atoms with van der Waals surface area (Å²) in [4.78, 5) is 24.2. The van der Waals surface area contributed by atoms with Gasteiger partial charge in [0.05, 0.1) is 11.5 Å². The van der Waals surface area contributed by atoms with E-state index in [0.717, 1.165) is 19.3 Å². The number of benzene rings is 1. The van der Waals surface area contributed by atoms with Crippen LogP contribution in [-0.4, -0.2) is 51.4 Å². The molecule has 1 saturated heterocycles. The summed E-state index contributed by atoms with van der Waals surface area (Å²) in [5, 5.41) is 2.80. The molecule has 2 aliphatic rings. The van der Waals surface area contributed by atoms with E-state index in [0.29, 0.717) is 36.8 Å². The molecule has 27 heavy (non-hydrogen) atoms. The van der Waals surface area contributed by atoms with Gasteiger partial charge in [-0.3, -0.25) is 9.59 Å². The average molecular weight is 395 g/mol. The largest absolute Gasteiger partial charge is 0.486 e. The number of rotatable bonds is 8. The first-order valence-corrected chi connectivity index (χ1v) is 11.1. The molecule has 1 aromatic rings. The maximum Gasteiger partial charge on any atom is 0.220 e. The molecule has 1 amide bonds. The molecule has 1 aromatic carbocycles. The first kappa shape index (κ1) is 19.7. The second-order valence-corrected chi connectivity index (χ2v) is 9.27. The zero-order valence-corrected chi connectivity index (χ0v) is 16.1. The van der Waals surface area contributed by atoms with Crippen LogP contribution in [0.2, 0.25) is 0 Å². The van der Waals surface area contributed by atoms with Crippen molar-refractivity contribution in [2.24, 2.45) is 5.92 Å². The lowest BCUT2D eigenvalue weighted by Gasteiger charge is -2.18. The molecule has 3 rings (SSSR count). The van der Waals surface area contributed by atoms with Crippen LogP contribution >= 0.6 is 0 Å². The Bertz CT molecular complexity index is 804. The lowest BCUT2D eigenvalue weighted by molar-refractivity contribution is -0.121. The van der Waals surface area contributed by atoms with Crippen LogP contribution < -0.4 is 14.8 Å². The number of Topliss-reactive ketones (excluding diaryl/α,β-unsaturated/α-hetero) is 1. The van der Waals surface area contributed by atoms with Crippen LogP contribution in [0.1, 0.15) is 42.5 Å². The third-order valence-electron chi connectivity index (χ3n) is 4.88. The summed E-state index contributed by atoms with van der Waals surface area (Å²) in [6.45, 7) is 1.46. The highest BCUT2D eigenvalue weighted by molar-refractivity contribution is 7.91. The highest BCUT2D eigenvalue weighted by Gasteiger charge is 2.27. The fourth-order valence-electron chi connectivity index (χ4n) is 3.39. The minimum Gasteiger partial charge on any atom is -0.486 e. The highest BCUT2D eigenvalue weighted by atomic mass is 32.2. The van der Waals surface area contributed by atoms with Gasteiger partial charge in [0.15, 0.2) is 27.1 Å². The number of ketones is 1. The summed E-state index contributed by atoms with van der Waals surface area (Å²) in [7, 11) is -2.84. The zero-order valence-electron chi connectivity index (χ0n) is 15.2. The van der Waals surface area contributed by atoms with Gasteiger partial charge in [-0.1, -0.05) is 0 Å². The fourth-order valence-corrected chi connectivity index (χ4v) is 5.31. The van der Waals surface area contributed by atoms with E-state index in [4.69, 9.17) is 9.47 Å². The maximum absolute atomic E-state index is 12.3. The number of hydrogen-bond acceptors (Lipinski definition) is 6. The molecule has 1 fully saturated rings. The summed E-state index contributed by atoms with van der Waals surface area (Å²) in [5.74, 6) is 1.68. The van der Waals surface area contributed by atoms with Crippen LogP contribution in [0.15, 0.2) is 18.2 Å². The summed E-state index contributed by atoms with van der Waals surface area (Å²) in [6.07, 6.45) is 2.54. The second kappa shape index (κ2) is 8.73. The van der Waals surface area contributed by atoms with Crippen molar-refractivity contribution in [3.8, 4) is 11.5 Å². The number of ether oxygens (including phenoxy) is 2. The van der Waals surface area contributed by atoms with Gasteiger partial charge in [0.25, 0.3) is 0 Å². The molecule has 0 aromatic heterocycles. The van der Waals surface area contributed by atoms with Crippen molar-refractivity contribution < 1.29 is 27.5 Å². The number of carbonyl (C=O) groups excluding carboxylic acids is 2. The van der Waals surface area contributed by atoms with Crippen LogP contribution in [0.4, 0.5) is 0 Å². The molecule has 8 heteroatoms. The number of amides is 1. The SMILES string of the molecule is O=C(CCC(=O)c1ccc2c(c1)OCCO2)NCCCC1CCS(=O)(=O)C1. The van der Waals surface area contributed by atoms with Crippen molar-refractivity contribution in [2.75, 3.05) is 31.3 Å². The quantitative estimate of drug-likeness (QED) is 0.532. The van der Waals surface area contributed by atoms with E-state index >= 15 is 0 Å². The first-order chi connectivity index (χ1) is 12.9. The summed E-state index contributed by atoms with van der Waals surface area (Å²) in [5.41, 5.74) is 0.509. The smallest absolute Gasteiger partial charge is 0.220 e. The molecule has 0 aliphatic carbocycles. The second-order valence-electron chi connectivity index (χ2n) is 7.04. The molecule has 1 atom stereocenters. The van der Waals surface area contributed by atoms with Crippen molar-refractivity contribution in [2.45, 2.75) is 32.1 Å². The summed E-state index contributed by atoms with van der Waals surface area (Å²) >= 11 is 0. The Morgan fingerprint density at radius 3 is 2.63 bits per heavy atom. The van der Waals surface area contributed by atoms with Gasteiger partial charge in [-0.15, -0.1) is 0 Å². The molecule has 2 aliphatic heterocycles. The van der Waals surface area contributed by atoms with Crippen molar-refractivity contribution >= 4 is 21.5 Å². The fraction of sp³-hybridized carbons (Fsp3) is 0.579. The van der Waals surface area contributed by atoms with Crippen LogP contribution in [-0.2, 0) is 14.6 Å². The molecular formula is C19H25NO6S. The molecule has 7 nitrogen and oxygen atoms in total. The molecule has 0 bridgehead atoms. The van der Waals surface area contributed by atoms with Gasteiger partial charge in [0.2, 0.25) is 5.91 Å². The normalized spacial score (nSPS) is 20.2. The minimum absolute atomic E-state index is 0.113. The van der Waals surface area contributed by atoms with Gasteiger partial charge < -0.3 is 14.8 Å². The van der Waals surface area contributed by atoms with E-state index in [1.807, 2.05) is 0 Å². The van der Waals surface area contributed by atoms with Crippen molar-refractivity contribution in [1.82, 2.24) is 5.32 Å². The Balaban J connectivity index is 1.34. The molecule has 1 unspecified atom stereocenters. The monoisotopic (exact) mass is 395 g/mol. The van der Waals surface area contributed by atoms with E-state index in [1.165, 1.54) is 0 Å². The Morgan fingerprint density at radius 1 is 1.11 bits per heavy atom. The Morgan fingerprint density at radius 2 is 1.89 bits per heavy atom. The Hall–Kier alpha value is -2.09. The molecule has 0 radical (unpaired) electrons. The standard InChI is InChI=1S/C19H25NO6S/c21-16(15-3-5-17-18(12-15)26-10-9-25-17)4-6-19(22)20-8-1-2-14-7-11-27(23,24)13-14/h3,5,12,14H,1-2,4,6-11,13H2,(H,20,22). The van der Waals surface area contributed by atoms with Gasteiger partial charge in [0, 0.05) is 24.9 Å². The van der Waals surface area contributed by atoms with Crippen LogP contribution in [0.5, 0.6) is 11.5 Å². The molecular weight excluding hydrogens is 370 g/mol. The number of hydrogen-bond donors (Lipinski definition) is 1. The third-order valence-corrected chi connectivity index (χ3v) is 6.72. The average Bonchev–Trinajstić information content (AvgIpc) is 3.01. The lowest BCUT2D eigenvalue weighted by Crippen LogP contribution is -2.25. The number of carbonyl (C=O) groups is 2. The molecule has 2 heterocycles. The van der Waals surface area contributed by atoms with Gasteiger partial charge in [-0.2, -0.15) is 0 Å². The predicted octanol–water partition coefficient (Wildman–Crippen LogP) is 1.75. The first-order valence-electron chi connectivity index (χ1n) is 9.33. The number of nitrogens with one attached hydrogen (secondary N) is 1. The van der Waals surface area contributed by atoms with Crippen LogP contribution in [0, 0.1) is 5.92 Å². The van der Waals surface area contributed by atoms with Crippen LogP contribution in [0.3, 0.4) is 0 Å². The molecule has 1 N–H and O–H groups in total. The number of fused-ring (bicyclic) bond motifs is 1. The van der Waals surface area contributed by atoms with E-state index in [2.05, 4.69) is 5.32 Å². The van der Waals surface area contributed by atoms with E-state index < -0.39 is 9.84 Å². The highest BCUT2D eigenvalue weighted by Crippen LogP contribution is 2.31. The van der Waals surface area contributed by atoms with Gasteiger partial charge in [-0.25, -0.2) is 8.42 Å². The van der Waals surface area contributed by atoms with Crippen molar-refractivity contribution in [3.63, 3.8) is 0 Å². The van der Waals surface area contributed by atoms with Crippen molar-refractivity contribution in [1.29, 1.82) is 0 Å². The number of sulfone groups is 1. The van der Waals surface area contributed by atoms with Crippen molar-refractivity contribution in [3.05, 3.63) is 23.8 Å². The van der Waals surface area contributed by atoms with E-state index in [-0.39, 0.29) is 42.0 Å². The molecule has 0 saturated carbocycles. The maximum atomic E-state index is 12.3. The zero-order chi connectivity index (χ0) is 19.3. The molecule has 148 valence electrons. The van der Waals surface area contributed by atoms with E-state index in [9.17, 15) is 18.0 Å². The minimum atomic E-state index is -2.84. The van der Waals surface area contributed by atoms with Gasteiger partial charge in [-0.05, 0) is 43.4 Å². The van der Waals surface area contributed by atoms with E-state index in [1.54, 1.807) is 18.2 Å². The lowest BCUT2D eigenvalue weighted by atomic mass is 10.0.